The van der Waals surface area contributed by atoms with E-state index in [1.54, 1.807) is 18.2 Å². The summed E-state index contributed by atoms with van der Waals surface area (Å²) in [6.45, 7) is 8.59. The van der Waals surface area contributed by atoms with E-state index in [1.165, 1.54) is 12.3 Å². The van der Waals surface area contributed by atoms with Gasteiger partial charge in [0.1, 0.15) is 0 Å². The summed E-state index contributed by atoms with van der Waals surface area (Å²) in [5, 5.41) is 8.93. The minimum Gasteiger partial charge on any atom is -0.405 e. The zero-order chi connectivity index (χ0) is 19.8. The third kappa shape index (κ3) is 6.33. The molecule has 0 aliphatic heterocycles. The molecule has 144 valence electrons. The Hall–Kier alpha value is -3.02. The van der Waals surface area contributed by atoms with Gasteiger partial charge in [-0.2, -0.15) is 0 Å². The van der Waals surface area contributed by atoms with Crippen molar-refractivity contribution in [3.8, 4) is 0 Å². The van der Waals surface area contributed by atoms with Crippen molar-refractivity contribution in [2.75, 3.05) is 11.9 Å². The molecule has 0 spiro atoms. The molecular weight excluding hydrogens is 340 g/mol. The van der Waals surface area contributed by atoms with Crippen LogP contribution in [0.2, 0.25) is 0 Å². The molecule has 6 heteroatoms. The Bertz CT molecular complexity index is 776. The Morgan fingerprint density at radius 1 is 1.33 bits per heavy atom. The highest BCUT2D eigenvalue weighted by Gasteiger charge is 2.24. The fourth-order valence-corrected chi connectivity index (χ4v) is 2.41. The molecule has 1 aliphatic rings. The predicted octanol–water partition coefficient (Wildman–Crippen LogP) is 2.74. The number of nitrogens with two attached hydrogens (primary N) is 1. The standard InChI is InChI=1S/C21H28N4O2/c1-4-11-23-15(3)12-17(9-10-22)21(27)25-19-13-16(6-5-14(19)2)20(26)24-18-7-8-18/h5-6,9-10,12-13,18,23H,3-4,7-8,11,22H2,1-2H3,(H,24,26)(H,25,27)/b10-9-,17-12+. The fraction of sp³-hybridized carbons (Fsp3) is 0.333. The highest BCUT2D eigenvalue weighted by Crippen LogP contribution is 2.22. The van der Waals surface area contributed by atoms with Crippen molar-refractivity contribution in [2.24, 2.45) is 5.73 Å². The first-order valence-electron chi connectivity index (χ1n) is 9.20. The van der Waals surface area contributed by atoms with E-state index >= 15 is 0 Å². The molecule has 0 heterocycles. The van der Waals surface area contributed by atoms with Crippen LogP contribution in [0.3, 0.4) is 0 Å². The van der Waals surface area contributed by atoms with E-state index in [9.17, 15) is 9.59 Å². The van der Waals surface area contributed by atoms with Crippen LogP contribution in [0.4, 0.5) is 5.69 Å². The van der Waals surface area contributed by atoms with Crippen LogP contribution in [-0.2, 0) is 4.79 Å². The molecule has 0 aromatic heterocycles. The highest BCUT2D eigenvalue weighted by atomic mass is 16.2. The molecule has 1 saturated carbocycles. The molecule has 0 atom stereocenters. The van der Waals surface area contributed by atoms with E-state index < -0.39 is 0 Å². The number of hydrogen-bond donors (Lipinski definition) is 4. The Kier molecular flexibility index (Phi) is 7.23. The average Bonchev–Trinajstić information content (AvgIpc) is 3.45. The lowest BCUT2D eigenvalue weighted by atomic mass is 10.1. The Morgan fingerprint density at radius 2 is 2.07 bits per heavy atom. The molecule has 2 amide bonds. The van der Waals surface area contributed by atoms with Crippen LogP contribution in [0.1, 0.15) is 42.1 Å². The maximum Gasteiger partial charge on any atom is 0.255 e. The molecule has 0 bridgehead atoms. The molecule has 0 radical (unpaired) electrons. The lowest BCUT2D eigenvalue weighted by Gasteiger charge is -2.12. The number of allylic oxidation sites excluding steroid dienone is 1. The first-order valence-corrected chi connectivity index (χ1v) is 9.20. The molecule has 0 saturated heterocycles. The Morgan fingerprint density at radius 3 is 2.70 bits per heavy atom. The maximum absolute atomic E-state index is 12.7. The summed E-state index contributed by atoms with van der Waals surface area (Å²) < 4.78 is 0. The van der Waals surface area contributed by atoms with E-state index in [0.717, 1.165) is 31.4 Å². The van der Waals surface area contributed by atoms with Gasteiger partial charge in [-0.3, -0.25) is 9.59 Å². The van der Waals surface area contributed by atoms with E-state index in [1.807, 2.05) is 19.9 Å². The fourth-order valence-electron chi connectivity index (χ4n) is 2.41. The Balaban J connectivity index is 2.14. The normalized spacial score (nSPS) is 14.1. The molecule has 27 heavy (non-hydrogen) atoms. The lowest BCUT2D eigenvalue weighted by molar-refractivity contribution is -0.112. The monoisotopic (exact) mass is 368 g/mol. The molecule has 1 aliphatic carbocycles. The number of hydrogen-bond acceptors (Lipinski definition) is 4. The van der Waals surface area contributed by atoms with Gasteiger partial charge < -0.3 is 21.7 Å². The minimum absolute atomic E-state index is 0.122. The van der Waals surface area contributed by atoms with Crippen molar-refractivity contribution in [2.45, 2.75) is 39.2 Å². The maximum atomic E-state index is 12.7. The minimum atomic E-state index is -0.320. The number of nitrogens with one attached hydrogen (secondary N) is 3. The van der Waals surface area contributed by atoms with E-state index in [-0.39, 0.29) is 17.9 Å². The second-order valence-electron chi connectivity index (χ2n) is 6.64. The van der Waals surface area contributed by atoms with Gasteiger partial charge in [0.25, 0.3) is 11.8 Å². The van der Waals surface area contributed by atoms with E-state index in [4.69, 9.17) is 5.73 Å². The third-order valence-corrected chi connectivity index (χ3v) is 4.13. The third-order valence-electron chi connectivity index (χ3n) is 4.13. The number of amides is 2. The quantitative estimate of drug-likeness (QED) is 0.398. The smallest absolute Gasteiger partial charge is 0.255 e. The number of carbonyl (C=O) groups excluding carboxylic acids is 2. The van der Waals surface area contributed by atoms with Crippen LogP contribution in [0.25, 0.3) is 0 Å². The van der Waals surface area contributed by atoms with Crippen molar-refractivity contribution in [1.82, 2.24) is 10.6 Å². The van der Waals surface area contributed by atoms with Crippen LogP contribution >= 0.6 is 0 Å². The molecule has 6 nitrogen and oxygen atoms in total. The molecule has 2 rings (SSSR count). The number of aryl methyl sites for hydroxylation is 1. The average molecular weight is 368 g/mol. The summed E-state index contributed by atoms with van der Waals surface area (Å²) in [5.74, 6) is -0.443. The van der Waals surface area contributed by atoms with Crippen LogP contribution < -0.4 is 21.7 Å². The zero-order valence-corrected chi connectivity index (χ0v) is 16.0. The van der Waals surface area contributed by atoms with Crippen molar-refractivity contribution in [3.05, 3.63) is 65.5 Å². The first kappa shape index (κ1) is 20.3. The Labute approximate surface area is 160 Å². The molecule has 1 fully saturated rings. The predicted molar refractivity (Wildman–Crippen MR) is 109 cm³/mol. The zero-order valence-electron chi connectivity index (χ0n) is 16.0. The topological polar surface area (TPSA) is 96.2 Å². The van der Waals surface area contributed by atoms with Gasteiger partial charge in [0, 0.05) is 35.1 Å². The summed E-state index contributed by atoms with van der Waals surface area (Å²) in [5.41, 5.74) is 8.47. The van der Waals surface area contributed by atoms with Crippen LogP contribution in [0.5, 0.6) is 0 Å². The van der Waals surface area contributed by atoms with Crippen molar-refractivity contribution in [1.29, 1.82) is 0 Å². The number of anilines is 1. The van der Waals surface area contributed by atoms with Gasteiger partial charge in [-0.1, -0.05) is 19.6 Å². The number of rotatable bonds is 9. The molecular formula is C21H28N4O2. The van der Waals surface area contributed by atoms with Gasteiger partial charge in [0.05, 0.1) is 0 Å². The van der Waals surface area contributed by atoms with Gasteiger partial charge in [0.15, 0.2) is 0 Å². The van der Waals surface area contributed by atoms with Gasteiger partial charge in [0.2, 0.25) is 0 Å². The van der Waals surface area contributed by atoms with E-state index in [2.05, 4.69) is 22.5 Å². The van der Waals surface area contributed by atoms with Gasteiger partial charge >= 0.3 is 0 Å². The molecule has 1 aromatic carbocycles. The summed E-state index contributed by atoms with van der Waals surface area (Å²) >= 11 is 0. The highest BCUT2D eigenvalue weighted by molar-refractivity contribution is 6.07. The number of benzene rings is 1. The van der Waals surface area contributed by atoms with Crippen LogP contribution in [-0.4, -0.2) is 24.4 Å². The van der Waals surface area contributed by atoms with Gasteiger partial charge in [-0.05, 0) is 62.2 Å². The SMILES string of the molecule is C=C(/C=C(\C=C/N)C(=O)Nc1cc(C(=O)NC2CC2)ccc1C)NCCC. The van der Waals surface area contributed by atoms with Crippen molar-refractivity contribution >= 4 is 17.5 Å². The second-order valence-corrected chi connectivity index (χ2v) is 6.64. The summed E-state index contributed by atoms with van der Waals surface area (Å²) in [4.78, 5) is 24.9. The van der Waals surface area contributed by atoms with E-state index in [0.29, 0.717) is 22.5 Å². The van der Waals surface area contributed by atoms with Crippen molar-refractivity contribution in [3.63, 3.8) is 0 Å². The van der Waals surface area contributed by atoms with Gasteiger partial charge in [-0.25, -0.2) is 0 Å². The molecule has 5 N–H and O–H groups in total. The summed E-state index contributed by atoms with van der Waals surface area (Å²) in [6, 6.07) is 5.55. The lowest BCUT2D eigenvalue weighted by Crippen LogP contribution is -2.25. The summed E-state index contributed by atoms with van der Waals surface area (Å²) in [7, 11) is 0. The number of carbonyl (C=O) groups is 2. The molecule has 0 unspecified atom stereocenters. The van der Waals surface area contributed by atoms with Crippen molar-refractivity contribution < 1.29 is 9.59 Å². The second kappa shape index (κ2) is 9.62. The van der Waals surface area contributed by atoms with Crippen LogP contribution in [0.15, 0.2) is 54.4 Å². The summed E-state index contributed by atoms with van der Waals surface area (Å²) in [6.07, 6.45) is 7.48. The van der Waals surface area contributed by atoms with Crippen LogP contribution in [0, 0.1) is 6.92 Å². The molecule has 1 aromatic rings. The largest absolute Gasteiger partial charge is 0.405 e. The van der Waals surface area contributed by atoms with Gasteiger partial charge in [-0.15, -0.1) is 0 Å². The first-order chi connectivity index (χ1) is 12.9.